The van der Waals surface area contributed by atoms with Crippen LogP contribution in [-0.2, 0) is 4.79 Å². The highest BCUT2D eigenvalue weighted by atomic mass is 32.2. The van der Waals surface area contributed by atoms with E-state index in [0.29, 0.717) is 5.92 Å². The third kappa shape index (κ3) is 4.97. The summed E-state index contributed by atoms with van der Waals surface area (Å²) in [5.74, 6) is 0.760. The van der Waals surface area contributed by atoms with Crippen molar-refractivity contribution in [2.75, 3.05) is 11.9 Å². The monoisotopic (exact) mass is 445 g/mol. The smallest absolute Gasteiger partial charge is 0.277 e. The molecule has 2 N–H and O–H groups in total. The molecule has 1 amide bonds. The number of hydrogen-bond acceptors (Lipinski definition) is 5. The lowest BCUT2D eigenvalue weighted by Gasteiger charge is -2.21. The van der Waals surface area contributed by atoms with Crippen LogP contribution in [0.5, 0.6) is 5.75 Å². The first-order valence-corrected chi connectivity index (χ1v) is 11.5. The summed E-state index contributed by atoms with van der Waals surface area (Å²) in [5.41, 5.74) is 8.68. The van der Waals surface area contributed by atoms with Gasteiger partial charge in [0.25, 0.3) is 5.91 Å². The number of carbonyl (C=O) groups excluding carboxylic acids is 1. The van der Waals surface area contributed by atoms with Gasteiger partial charge in [-0.15, -0.1) is 0 Å². The number of aryl methyl sites for hydroxylation is 1. The van der Waals surface area contributed by atoms with Crippen LogP contribution >= 0.6 is 11.8 Å². The summed E-state index contributed by atoms with van der Waals surface area (Å²) >= 11 is 1.74. The maximum Gasteiger partial charge on any atom is 0.277 e. The minimum atomic E-state index is -0.291. The van der Waals surface area contributed by atoms with Gasteiger partial charge in [-0.25, -0.2) is 5.43 Å². The summed E-state index contributed by atoms with van der Waals surface area (Å²) in [6, 6.07) is 20.4. The molecule has 0 spiro atoms. The molecule has 32 heavy (non-hydrogen) atoms. The fourth-order valence-electron chi connectivity index (χ4n) is 3.50. The SMILES string of the molecule is C/C(=N\NC(=O)COc1ccc(C)cc1C(C)C)c1ccc2c(c1)Nc1ccccc1S2. The number of rotatable bonds is 6. The molecule has 4 rings (SSSR count). The van der Waals surface area contributed by atoms with Crippen LogP contribution in [0.1, 0.15) is 43.4 Å². The van der Waals surface area contributed by atoms with Crippen LogP contribution in [0.3, 0.4) is 0 Å². The van der Waals surface area contributed by atoms with E-state index in [1.54, 1.807) is 11.8 Å². The summed E-state index contributed by atoms with van der Waals surface area (Å²) in [4.78, 5) is 14.7. The number of fused-ring (bicyclic) bond motifs is 2. The molecule has 0 aliphatic carbocycles. The summed E-state index contributed by atoms with van der Waals surface area (Å²) in [6.07, 6.45) is 0. The molecule has 0 aromatic heterocycles. The number of ether oxygens (including phenoxy) is 1. The quantitative estimate of drug-likeness (QED) is 0.272. The first-order chi connectivity index (χ1) is 15.4. The predicted molar refractivity (Wildman–Crippen MR) is 131 cm³/mol. The van der Waals surface area contributed by atoms with E-state index in [2.05, 4.69) is 60.0 Å². The zero-order valence-corrected chi connectivity index (χ0v) is 19.5. The zero-order chi connectivity index (χ0) is 22.7. The molecule has 1 aliphatic heterocycles. The van der Waals surface area contributed by atoms with Crippen LogP contribution in [0.25, 0.3) is 0 Å². The molecule has 0 bridgehead atoms. The van der Waals surface area contributed by atoms with Gasteiger partial charge in [0.05, 0.1) is 17.1 Å². The fraction of sp³-hybridized carbons (Fsp3) is 0.231. The first-order valence-electron chi connectivity index (χ1n) is 10.7. The molecule has 0 fully saturated rings. The number of carbonyl (C=O) groups is 1. The topological polar surface area (TPSA) is 62.7 Å². The maximum absolute atomic E-state index is 12.3. The van der Waals surface area contributed by atoms with Crippen molar-refractivity contribution in [3.05, 3.63) is 77.4 Å². The third-order valence-corrected chi connectivity index (χ3v) is 6.42. The Bertz CT molecular complexity index is 1190. The molecule has 0 atom stereocenters. The van der Waals surface area contributed by atoms with Gasteiger partial charge in [-0.3, -0.25) is 4.79 Å². The number of para-hydroxylation sites is 1. The minimum absolute atomic E-state index is 0.0846. The van der Waals surface area contributed by atoms with E-state index in [9.17, 15) is 4.79 Å². The van der Waals surface area contributed by atoms with Gasteiger partial charge in [0.15, 0.2) is 6.61 Å². The number of nitrogens with one attached hydrogen (secondary N) is 2. The number of amides is 1. The van der Waals surface area contributed by atoms with Gasteiger partial charge >= 0.3 is 0 Å². The minimum Gasteiger partial charge on any atom is -0.483 e. The predicted octanol–water partition coefficient (Wildman–Crippen LogP) is 6.25. The number of hydrazone groups is 1. The molecule has 5 nitrogen and oxygen atoms in total. The Morgan fingerprint density at radius 2 is 1.84 bits per heavy atom. The Hall–Kier alpha value is -3.25. The number of anilines is 2. The molecule has 0 saturated heterocycles. The largest absolute Gasteiger partial charge is 0.483 e. The second-order valence-corrected chi connectivity index (χ2v) is 9.23. The second-order valence-electron chi connectivity index (χ2n) is 8.15. The van der Waals surface area contributed by atoms with E-state index in [4.69, 9.17) is 4.74 Å². The molecular weight excluding hydrogens is 418 g/mol. The molecule has 164 valence electrons. The molecule has 3 aromatic rings. The van der Waals surface area contributed by atoms with Crippen LogP contribution in [0.2, 0.25) is 0 Å². The van der Waals surface area contributed by atoms with Gasteiger partial charge in [-0.1, -0.05) is 61.5 Å². The Morgan fingerprint density at radius 1 is 1.06 bits per heavy atom. The van der Waals surface area contributed by atoms with Crippen molar-refractivity contribution in [1.82, 2.24) is 5.43 Å². The maximum atomic E-state index is 12.3. The van der Waals surface area contributed by atoms with Gasteiger partial charge in [-0.05, 0) is 61.2 Å². The number of benzene rings is 3. The van der Waals surface area contributed by atoms with E-state index < -0.39 is 0 Å². The number of nitrogens with zero attached hydrogens (tertiary/aromatic N) is 1. The van der Waals surface area contributed by atoms with Crippen LogP contribution in [0, 0.1) is 6.92 Å². The van der Waals surface area contributed by atoms with E-state index in [-0.39, 0.29) is 12.5 Å². The van der Waals surface area contributed by atoms with Crippen molar-refractivity contribution < 1.29 is 9.53 Å². The van der Waals surface area contributed by atoms with Gasteiger partial charge in [-0.2, -0.15) is 5.10 Å². The average Bonchev–Trinajstić information content (AvgIpc) is 2.79. The highest BCUT2D eigenvalue weighted by Crippen LogP contribution is 2.44. The van der Waals surface area contributed by atoms with Crippen molar-refractivity contribution in [2.45, 2.75) is 43.4 Å². The van der Waals surface area contributed by atoms with Crippen molar-refractivity contribution in [1.29, 1.82) is 0 Å². The molecule has 0 saturated carbocycles. The molecule has 6 heteroatoms. The van der Waals surface area contributed by atoms with Crippen molar-refractivity contribution in [3.8, 4) is 5.75 Å². The van der Waals surface area contributed by atoms with Crippen molar-refractivity contribution in [3.63, 3.8) is 0 Å². The summed E-state index contributed by atoms with van der Waals surface area (Å²) < 4.78 is 5.77. The van der Waals surface area contributed by atoms with Crippen LogP contribution in [-0.4, -0.2) is 18.2 Å². The lowest BCUT2D eigenvalue weighted by atomic mass is 10.00. The second kappa shape index (κ2) is 9.49. The Morgan fingerprint density at radius 3 is 2.66 bits per heavy atom. The third-order valence-electron chi connectivity index (χ3n) is 5.27. The van der Waals surface area contributed by atoms with E-state index in [0.717, 1.165) is 38.9 Å². The molecular formula is C26H27N3O2S. The van der Waals surface area contributed by atoms with E-state index in [1.165, 1.54) is 10.5 Å². The molecule has 0 radical (unpaired) electrons. The number of hydrogen-bond donors (Lipinski definition) is 2. The first kappa shape index (κ1) is 22.0. The van der Waals surface area contributed by atoms with Gasteiger partial charge in [0.1, 0.15) is 5.75 Å². The summed E-state index contributed by atoms with van der Waals surface area (Å²) in [6.45, 7) is 8.07. The highest BCUT2D eigenvalue weighted by Gasteiger charge is 2.16. The van der Waals surface area contributed by atoms with Gasteiger partial charge < -0.3 is 10.1 Å². The van der Waals surface area contributed by atoms with E-state index >= 15 is 0 Å². The molecule has 0 unspecified atom stereocenters. The normalized spacial score (nSPS) is 12.6. The van der Waals surface area contributed by atoms with Gasteiger partial charge in [0.2, 0.25) is 0 Å². The Kier molecular flexibility index (Phi) is 6.51. The lowest BCUT2D eigenvalue weighted by molar-refractivity contribution is -0.123. The fourth-order valence-corrected chi connectivity index (χ4v) is 4.47. The van der Waals surface area contributed by atoms with Crippen LogP contribution in [0.15, 0.2) is 75.6 Å². The average molecular weight is 446 g/mol. The van der Waals surface area contributed by atoms with Crippen molar-refractivity contribution in [2.24, 2.45) is 5.10 Å². The van der Waals surface area contributed by atoms with Crippen molar-refractivity contribution >= 4 is 34.8 Å². The summed E-state index contributed by atoms with van der Waals surface area (Å²) in [7, 11) is 0. The Labute approximate surface area is 193 Å². The zero-order valence-electron chi connectivity index (χ0n) is 18.7. The highest BCUT2D eigenvalue weighted by molar-refractivity contribution is 7.99. The van der Waals surface area contributed by atoms with Gasteiger partial charge in [0, 0.05) is 9.79 Å². The van der Waals surface area contributed by atoms with Crippen LogP contribution < -0.4 is 15.5 Å². The molecule has 1 heterocycles. The Balaban J connectivity index is 1.39. The summed E-state index contributed by atoms with van der Waals surface area (Å²) in [5, 5.41) is 7.75. The molecule has 1 aliphatic rings. The lowest BCUT2D eigenvalue weighted by Crippen LogP contribution is -2.26. The molecule has 3 aromatic carbocycles. The standard InChI is InChI=1S/C26H27N3O2S/c1-16(2)20-13-17(3)9-11-23(20)31-15-26(30)29-28-18(4)19-10-12-25-22(14-19)27-21-7-5-6-8-24(21)32-25/h5-14,16,27H,15H2,1-4H3,(H,29,30)/b28-18+. The van der Waals surface area contributed by atoms with E-state index in [1.807, 2.05) is 44.2 Å². The van der Waals surface area contributed by atoms with Crippen LogP contribution in [0.4, 0.5) is 11.4 Å².